The number of carbonyl (C=O) groups excluding carboxylic acids is 1. The van der Waals surface area contributed by atoms with Crippen molar-refractivity contribution in [2.24, 2.45) is 5.92 Å². The Hall–Kier alpha value is -1.30. The van der Waals surface area contributed by atoms with E-state index in [1.54, 1.807) is 0 Å². The fourth-order valence-electron chi connectivity index (χ4n) is 2.05. The lowest BCUT2D eigenvalue weighted by Gasteiger charge is -2.15. The van der Waals surface area contributed by atoms with E-state index in [4.69, 9.17) is 10.2 Å². The molecule has 0 radical (unpaired) electrons. The van der Waals surface area contributed by atoms with Crippen LogP contribution in [-0.2, 0) is 4.79 Å². The van der Waals surface area contributed by atoms with Crippen LogP contribution in [-0.4, -0.2) is 41.4 Å². The van der Waals surface area contributed by atoms with Crippen LogP contribution in [0.1, 0.15) is 32.1 Å². The predicted octanol–water partition coefficient (Wildman–Crippen LogP) is 0.311. The van der Waals surface area contributed by atoms with Gasteiger partial charge >= 0.3 is 12.0 Å². The van der Waals surface area contributed by atoms with Crippen molar-refractivity contribution in [1.29, 1.82) is 0 Å². The number of urea groups is 1. The van der Waals surface area contributed by atoms with Crippen LogP contribution in [0.3, 0.4) is 0 Å². The highest BCUT2D eigenvalue weighted by Gasteiger charge is 2.20. The summed E-state index contributed by atoms with van der Waals surface area (Å²) < 4.78 is 0. The van der Waals surface area contributed by atoms with E-state index < -0.39 is 18.0 Å². The zero-order valence-corrected chi connectivity index (χ0v) is 9.82. The number of amides is 2. The van der Waals surface area contributed by atoms with Gasteiger partial charge in [-0.05, 0) is 18.8 Å². The largest absolute Gasteiger partial charge is 0.480 e. The average Bonchev–Trinajstić information content (AvgIpc) is 2.78. The molecule has 0 heterocycles. The number of aliphatic hydroxyl groups excluding tert-OH is 1. The van der Waals surface area contributed by atoms with Crippen molar-refractivity contribution in [3.05, 3.63) is 0 Å². The minimum atomic E-state index is -1.13. The van der Waals surface area contributed by atoms with Gasteiger partial charge in [0.25, 0.3) is 0 Å². The molecule has 0 aromatic carbocycles. The molecule has 0 aromatic rings. The third kappa shape index (κ3) is 5.04. The summed E-state index contributed by atoms with van der Waals surface area (Å²) in [4.78, 5) is 22.2. The van der Waals surface area contributed by atoms with Crippen LogP contribution in [0.15, 0.2) is 0 Å². The van der Waals surface area contributed by atoms with Crippen molar-refractivity contribution >= 4 is 12.0 Å². The summed E-state index contributed by atoms with van der Waals surface area (Å²) in [7, 11) is 0. The average molecular weight is 244 g/mol. The Bertz CT molecular complexity index is 264. The number of carboxylic acid groups (broad SMARTS) is 1. The first kappa shape index (κ1) is 13.8. The molecule has 6 nitrogen and oxygen atoms in total. The third-order valence-corrected chi connectivity index (χ3v) is 3.05. The van der Waals surface area contributed by atoms with Crippen LogP contribution in [0.2, 0.25) is 0 Å². The molecule has 98 valence electrons. The minimum absolute atomic E-state index is 0.0200. The molecule has 0 aromatic heterocycles. The first-order valence-corrected chi connectivity index (χ1v) is 6.01. The Labute approximate surface area is 100 Å². The van der Waals surface area contributed by atoms with Crippen LogP contribution in [0, 0.1) is 5.92 Å². The van der Waals surface area contributed by atoms with Crippen LogP contribution in [0.25, 0.3) is 0 Å². The molecule has 0 unspecified atom stereocenters. The number of hydrogen-bond acceptors (Lipinski definition) is 3. The number of rotatable bonds is 6. The standard InChI is InChI=1S/C11H20N2O4/c14-6-5-9(10(15)16)13-11(17)12-7-8-3-1-2-4-8/h8-9,14H,1-7H2,(H,15,16)(H2,12,13,17)/t9-/m1/s1. The van der Waals surface area contributed by atoms with E-state index in [0.717, 1.165) is 12.8 Å². The summed E-state index contributed by atoms with van der Waals surface area (Å²) in [6.07, 6.45) is 4.68. The van der Waals surface area contributed by atoms with E-state index in [2.05, 4.69) is 10.6 Å². The molecule has 17 heavy (non-hydrogen) atoms. The van der Waals surface area contributed by atoms with Gasteiger partial charge in [-0.15, -0.1) is 0 Å². The maximum atomic E-state index is 11.4. The molecule has 1 atom stereocenters. The summed E-state index contributed by atoms with van der Waals surface area (Å²) in [6, 6.07) is -1.50. The summed E-state index contributed by atoms with van der Waals surface area (Å²) in [5.41, 5.74) is 0. The fraction of sp³-hybridized carbons (Fsp3) is 0.818. The molecule has 1 saturated carbocycles. The van der Waals surface area contributed by atoms with Gasteiger partial charge in [0.05, 0.1) is 0 Å². The second-order valence-corrected chi connectivity index (χ2v) is 4.41. The van der Waals surface area contributed by atoms with Gasteiger partial charge in [0.15, 0.2) is 0 Å². The number of carbonyl (C=O) groups is 2. The lowest BCUT2D eigenvalue weighted by Crippen LogP contribution is -2.47. The molecule has 1 rings (SSSR count). The second-order valence-electron chi connectivity index (χ2n) is 4.41. The summed E-state index contributed by atoms with van der Waals surface area (Å²) in [6.45, 7) is 0.331. The number of aliphatic carboxylic acids is 1. The number of aliphatic hydroxyl groups is 1. The lowest BCUT2D eigenvalue weighted by molar-refractivity contribution is -0.139. The van der Waals surface area contributed by atoms with E-state index in [-0.39, 0.29) is 13.0 Å². The molecular weight excluding hydrogens is 224 g/mol. The molecule has 6 heteroatoms. The summed E-state index contributed by atoms with van der Waals surface area (Å²) in [5, 5.41) is 22.5. The number of nitrogens with one attached hydrogen (secondary N) is 2. The molecule has 1 aliphatic rings. The van der Waals surface area contributed by atoms with Gasteiger partial charge in [-0.25, -0.2) is 9.59 Å². The SMILES string of the molecule is O=C(NCC1CCCC1)N[C@H](CCO)C(=O)O. The van der Waals surface area contributed by atoms with Crippen molar-refractivity contribution in [3.63, 3.8) is 0 Å². The van der Waals surface area contributed by atoms with Crippen LogP contribution in [0.4, 0.5) is 4.79 Å². The first-order valence-electron chi connectivity index (χ1n) is 6.01. The topological polar surface area (TPSA) is 98.7 Å². The van der Waals surface area contributed by atoms with E-state index in [1.807, 2.05) is 0 Å². The van der Waals surface area contributed by atoms with E-state index in [0.29, 0.717) is 12.5 Å². The van der Waals surface area contributed by atoms with E-state index in [1.165, 1.54) is 12.8 Å². The van der Waals surface area contributed by atoms with Crippen molar-refractivity contribution in [3.8, 4) is 0 Å². The molecule has 0 bridgehead atoms. The Morgan fingerprint density at radius 2 is 1.94 bits per heavy atom. The first-order chi connectivity index (χ1) is 8.13. The van der Waals surface area contributed by atoms with Gasteiger partial charge in [0.1, 0.15) is 6.04 Å². The molecule has 4 N–H and O–H groups in total. The second kappa shape index (κ2) is 7.11. The summed E-state index contributed by atoms with van der Waals surface area (Å²) >= 11 is 0. The lowest BCUT2D eigenvalue weighted by atomic mass is 10.1. The maximum absolute atomic E-state index is 11.4. The molecule has 2 amide bonds. The van der Waals surface area contributed by atoms with E-state index in [9.17, 15) is 9.59 Å². The zero-order valence-electron chi connectivity index (χ0n) is 9.82. The van der Waals surface area contributed by atoms with Gasteiger partial charge < -0.3 is 20.8 Å². The molecule has 0 aliphatic heterocycles. The Morgan fingerprint density at radius 3 is 2.47 bits per heavy atom. The van der Waals surface area contributed by atoms with Gasteiger partial charge in [-0.2, -0.15) is 0 Å². The maximum Gasteiger partial charge on any atom is 0.326 e. The Kier molecular flexibility index (Phi) is 5.76. The molecule has 0 saturated heterocycles. The van der Waals surface area contributed by atoms with Crippen LogP contribution < -0.4 is 10.6 Å². The third-order valence-electron chi connectivity index (χ3n) is 3.05. The molecule has 1 fully saturated rings. The van der Waals surface area contributed by atoms with Gasteiger partial charge in [-0.1, -0.05) is 12.8 Å². The van der Waals surface area contributed by atoms with E-state index >= 15 is 0 Å². The highest BCUT2D eigenvalue weighted by Crippen LogP contribution is 2.23. The molecule has 1 aliphatic carbocycles. The predicted molar refractivity (Wildman–Crippen MR) is 61.6 cm³/mol. The zero-order chi connectivity index (χ0) is 12.7. The highest BCUT2D eigenvalue weighted by atomic mass is 16.4. The number of carboxylic acids is 1. The van der Waals surface area contributed by atoms with Crippen molar-refractivity contribution in [2.45, 2.75) is 38.1 Å². The van der Waals surface area contributed by atoms with Gasteiger partial charge in [0.2, 0.25) is 0 Å². The summed E-state index contributed by atoms with van der Waals surface area (Å²) in [5.74, 6) is -0.614. The fourth-order valence-corrected chi connectivity index (χ4v) is 2.05. The van der Waals surface area contributed by atoms with Crippen molar-refractivity contribution < 1.29 is 19.8 Å². The Morgan fingerprint density at radius 1 is 1.29 bits per heavy atom. The van der Waals surface area contributed by atoms with Crippen LogP contribution >= 0.6 is 0 Å². The van der Waals surface area contributed by atoms with Crippen LogP contribution in [0.5, 0.6) is 0 Å². The van der Waals surface area contributed by atoms with Crippen molar-refractivity contribution in [1.82, 2.24) is 10.6 Å². The van der Waals surface area contributed by atoms with Crippen molar-refractivity contribution in [2.75, 3.05) is 13.2 Å². The number of hydrogen-bond donors (Lipinski definition) is 4. The van der Waals surface area contributed by atoms with Gasteiger partial charge in [0, 0.05) is 19.6 Å². The molecule has 0 spiro atoms. The quantitative estimate of drug-likeness (QED) is 0.540. The smallest absolute Gasteiger partial charge is 0.326 e. The highest BCUT2D eigenvalue weighted by molar-refractivity contribution is 5.82. The Balaban J connectivity index is 2.23. The molecular formula is C11H20N2O4. The van der Waals surface area contributed by atoms with Gasteiger partial charge in [-0.3, -0.25) is 0 Å². The minimum Gasteiger partial charge on any atom is -0.480 e. The normalized spacial score (nSPS) is 17.7. The monoisotopic (exact) mass is 244 g/mol.